The van der Waals surface area contributed by atoms with Crippen molar-refractivity contribution < 1.29 is 8.78 Å². The van der Waals surface area contributed by atoms with Crippen LogP contribution in [0.4, 0.5) is 8.78 Å². The zero-order valence-corrected chi connectivity index (χ0v) is 12.4. The molecule has 1 atom stereocenters. The SMILES string of the molecule is CNC(CSc1ccc(F)cc1)c1cc(F)ccc1Cl. The molecule has 0 amide bonds. The van der Waals surface area contributed by atoms with Gasteiger partial charge in [0.25, 0.3) is 0 Å². The first-order valence-corrected chi connectivity index (χ1v) is 7.47. The summed E-state index contributed by atoms with van der Waals surface area (Å²) in [6.45, 7) is 0. The summed E-state index contributed by atoms with van der Waals surface area (Å²) in [5.41, 5.74) is 0.726. The van der Waals surface area contributed by atoms with Gasteiger partial charge in [0.05, 0.1) is 0 Å². The Morgan fingerprint density at radius 1 is 1.10 bits per heavy atom. The van der Waals surface area contributed by atoms with Gasteiger partial charge in [-0.15, -0.1) is 11.8 Å². The van der Waals surface area contributed by atoms with Gasteiger partial charge in [0, 0.05) is 21.7 Å². The molecule has 0 radical (unpaired) electrons. The Hall–Kier alpha value is -1.10. The average molecular weight is 314 g/mol. The fourth-order valence-electron chi connectivity index (χ4n) is 1.82. The molecule has 0 spiro atoms. The molecule has 0 aliphatic carbocycles. The van der Waals surface area contributed by atoms with E-state index in [1.165, 1.54) is 24.3 Å². The number of benzene rings is 2. The number of thioether (sulfide) groups is 1. The molecule has 0 fully saturated rings. The lowest BCUT2D eigenvalue weighted by molar-refractivity contribution is 0.611. The Morgan fingerprint density at radius 3 is 2.40 bits per heavy atom. The van der Waals surface area contributed by atoms with E-state index < -0.39 is 0 Å². The van der Waals surface area contributed by atoms with Gasteiger partial charge in [-0.3, -0.25) is 0 Å². The molecule has 2 rings (SSSR count). The standard InChI is InChI=1S/C15H14ClF2NS/c1-19-15(13-8-11(18)4-7-14(13)16)9-20-12-5-2-10(17)3-6-12/h2-8,15,19H,9H2,1H3. The number of halogens is 3. The van der Waals surface area contributed by atoms with Crippen molar-refractivity contribution in [3.63, 3.8) is 0 Å². The molecule has 0 aliphatic heterocycles. The third-order valence-corrected chi connectivity index (χ3v) is 4.36. The maximum absolute atomic E-state index is 13.3. The molecule has 1 unspecified atom stereocenters. The monoisotopic (exact) mass is 313 g/mol. The Labute approximate surface area is 126 Å². The van der Waals surface area contributed by atoms with Gasteiger partial charge in [-0.05, 0) is 55.1 Å². The Morgan fingerprint density at radius 2 is 1.75 bits per heavy atom. The largest absolute Gasteiger partial charge is 0.312 e. The first-order valence-electron chi connectivity index (χ1n) is 6.10. The van der Waals surface area contributed by atoms with Crippen molar-refractivity contribution >= 4 is 23.4 Å². The average Bonchev–Trinajstić information content (AvgIpc) is 2.45. The summed E-state index contributed by atoms with van der Waals surface area (Å²) < 4.78 is 26.1. The number of hydrogen-bond donors (Lipinski definition) is 1. The molecule has 106 valence electrons. The van der Waals surface area contributed by atoms with E-state index in [1.807, 2.05) is 0 Å². The fraction of sp³-hybridized carbons (Fsp3) is 0.200. The van der Waals surface area contributed by atoms with Gasteiger partial charge in [-0.25, -0.2) is 8.78 Å². The highest BCUT2D eigenvalue weighted by molar-refractivity contribution is 7.99. The summed E-state index contributed by atoms with van der Waals surface area (Å²) >= 11 is 7.67. The van der Waals surface area contributed by atoms with Gasteiger partial charge in [-0.1, -0.05) is 11.6 Å². The van der Waals surface area contributed by atoms with Crippen LogP contribution in [0.1, 0.15) is 11.6 Å². The van der Waals surface area contributed by atoms with E-state index >= 15 is 0 Å². The smallest absolute Gasteiger partial charge is 0.123 e. The number of hydrogen-bond acceptors (Lipinski definition) is 2. The second-order valence-corrected chi connectivity index (χ2v) is 5.77. The molecule has 0 aromatic heterocycles. The molecule has 0 aliphatic rings. The number of rotatable bonds is 5. The molecular weight excluding hydrogens is 300 g/mol. The van der Waals surface area contributed by atoms with E-state index in [-0.39, 0.29) is 17.7 Å². The molecule has 0 bridgehead atoms. The van der Waals surface area contributed by atoms with Gasteiger partial charge < -0.3 is 5.32 Å². The van der Waals surface area contributed by atoms with Crippen molar-refractivity contribution in [2.24, 2.45) is 0 Å². The van der Waals surface area contributed by atoms with E-state index in [2.05, 4.69) is 5.32 Å². The first-order chi connectivity index (χ1) is 9.60. The van der Waals surface area contributed by atoms with Crippen molar-refractivity contribution in [3.05, 3.63) is 64.7 Å². The topological polar surface area (TPSA) is 12.0 Å². The van der Waals surface area contributed by atoms with Crippen LogP contribution in [0, 0.1) is 11.6 Å². The second kappa shape index (κ2) is 7.07. The highest BCUT2D eigenvalue weighted by atomic mass is 35.5. The minimum Gasteiger partial charge on any atom is -0.312 e. The quantitative estimate of drug-likeness (QED) is 0.805. The Bertz CT molecular complexity index is 575. The molecule has 0 heterocycles. The van der Waals surface area contributed by atoms with E-state index in [0.29, 0.717) is 10.8 Å². The molecule has 20 heavy (non-hydrogen) atoms. The third-order valence-electron chi connectivity index (χ3n) is 2.91. The lowest BCUT2D eigenvalue weighted by Gasteiger charge is -2.17. The van der Waals surface area contributed by atoms with Crippen LogP contribution < -0.4 is 5.32 Å². The van der Waals surface area contributed by atoms with Crippen molar-refractivity contribution in [2.75, 3.05) is 12.8 Å². The van der Waals surface area contributed by atoms with E-state index in [9.17, 15) is 8.78 Å². The minimum atomic E-state index is -0.309. The Balaban J connectivity index is 2.09. The van der Waals surface area contributed by atoms with Gasteiger partial charge in [0.2, 0.25) is 0 Å². The minimum absolute atomic E-state index is 0.0757. The van der Waals surface area contributed by atoms with E-state index in [1.54, 1.807) is 37.0 Å². The number of nitrogens with one attached hydrogen (secondary N) is 1. The molecule has 1 N–H and O–H groups in total. The highest BCUT2D eigenvalue weighted by Crippen LogP contribution is 2.29. The van der Waals surface area contributed by atoms with Crippen LogP contribution in [-0.4, -0.2) is 12.8 Å². The zero-order chi connectivity index (χ0) is 14.5. The summed E-state index contributed by atoms with van der Waals surface area (Å²) in [6.07, 6.45) is 0. The van der Waals surface area contributed by atoms with Gasteiger partial charge in [0.1, 0.15) is 11.6 Å². The zero-order valence-electron chi connectivity index (χ0n) is 10.9. The molecule has 5 heteroatoms. The van der Waals surface area contributed by atoms with Crippen molar-refractivity contribution in [2.45, 2.75) is 10.9 Å². The predicted octanol–water partition coefficient (Wildman–Crippen LogP) is 4.67. The van der Waals surface area contributed by atoms with Gasteiger partial charge in [-0.2, -0.15) is 0 Å². The molecule has 2 aromatic carbocycles. The van der Waals surface area contributed by atoms with Gasteiger partial charge >= 0.3 is 0 Å². The summed E-state index contributed by atoms with van der Waals surface area (Å²) in [6, 6.07) is 10.5. The summed E-state index contributed by atoms with van der Waals surface area (Å²) in [7, 11) is 1.80. The fourth-order valence-corrected chi connectivity index (χ4v) is 3.10. The maximum atomic E-state index is 13.3. The molecular formula is C15H14ClF2NS. The second-order valence-electron chi connectivity index (χ2n) is 4.27. The molecule has 1 nitrogen and oxygen atoms in total. The molecule has 0 saturated carbocycles. The highest BCUT2D eigenvalue weighted by Gasteiger charge is 2.14. The van der Waals surface area contributed by atoms with Crippen molar-refractivity contribution in [1.82, 2.24) is 5.32 Å². The molecule has 0 saturated heterocycles. The normalized spacial score (nSPS) is 12.4. The van der Waals surface area contributed by atoms with Crippen LogP contribution >= 0.6 is 23.4 Å². The van der Waals surface area contributed by atoms with Crippen molar-refractivity contribution in [3.8, 4) is 0 Å². The van der Waals surface area contributed by atoms with Crippen molar-refractivity contribution in [1.29, 1.82) is 0 Å². The van der Waals surface area contributed by atoms with Crippen LogP contribution in [0.25, 0.3) is 0 Å². The Kier molecular flexibility index (Phi) is 5.40. The van der Waals surface area contributed by atoms with Crippen LogP contribution in [-0.2, 0) is 0 Å². The first kappa shape index (κ1) is 15.3. The van der Waals surface area contributed by atoms with E-state index in [0.717, 1.165) is 10.5 Å². The van der Waals surface area contributed by atoms with Crippen LogP contribution in [0.15, 0.2) is 47.4 Å². The van der Waals surface area contributed by atoms with Crippen LogP contribution in [0.2, 0.25) is 5.02 Å². The van der Waals surface area contributed by atoms with Gasteiger partial charge in [0.15, 0.2) is 0 Å². The predicted molar refractivity (Wildman–Crippen MR) is 80.3 cm³/mol. The van der Waals surface area contributed by atoms with E-state index in [4.69, 9.17) is 11.6 Å². The summed E-state index contributed by atoms with van der Waals surface area (Å²) in [5, 5.41) is 3.65. The third kappa shape index (κ3) is 3.95. The van der Waals surface area contributed by atoms with Crippen LogP contribution in [0.5, 0.6) is 0 Å². The van der Waals surface area contributed by atoms with Crippen LogP contribution in [0.3, 0.4) is 0 Å². The molecule has 2 aromatic rings. The lowest BCUT2D eigenvalue weighted by Crippen LogP contribution is -2.19. The maximum Gasteiger partial charge on any atom is 0.123 e. The summed E-state index contributed by atoms with van der Waals surface area (Å²) in [5.74, 6) is 0.106. The summed E-state index contributed by atoms with van der Waals surface area (Å²) in [4.78, 5) is 0.958. The lowest BCUT2D eigenvalue weighted by atomic mass is 10.1.